The van der Waals surface area contributed by atoms with Crippen molar-refractivity contribution in [1.29, 1.82) is 0 Å². The summed E-state index contributed by atoms with van der Waals surface area (Å²) in [7, 11) is 0. The van der Waals surface area contributed by atoms with E-state index < -0.39 is 0 Å². The van der Waals surface area contributed by atoms with E-state index in [1.807, 2.05) is 13.0 Å². The normalized spacial score (nSPS) is 10.1. The summed E-state index contributed by atoms with van der Waals surface area (Å²) in [6, 6.07) is 6.78. The maximum atomic E-state index is 11.6. The minimum Gasteiger partial charge on any atom is -0.459 e. The molecule has 104 valence electrons. The van der Waals surface area contributed by atoms with Crippen molar-refractivity contribution in [1.82, 2.24) is 10.3 Å². The highest BCUT2D eigenvalue weighted by molar-refractivity contribution is 5.93. The first-order valence-corrected chi connectivity index (χ1v) is 6.19. The lowest BCUT2D eigenvalue weighted by molar-refractivity contribution is -0.116. The Kier molecular flexibility index (Phi) is 4.49. The summed E-state index contributed by atoms with van der Waals surface area (Å²) in [5, 5.41) is 5.25. The van der Waals surface area contributed by atoms with Crippen LogP contribution in [0.15, 0.2) is 41.1 Å². The monoisotopic (exact) mass is 273 g/mol. The zero-order valence-electron chi connectivity index (χ0n) is 11.1. The molecule has 0 bridgehead atoms. The summed E-state index contributed by atoms with van der Waals surface area (Å²) in [5.41, 5.74) is 1.02. The van der Waals surface area contributed by atoms with Crippen LogP contribution in [0, 0.1) is 6.92 Å². The minimum absolute atomic E-state index is 0.169. The van der Waals surface area contributed by atoms with Crippen LogP contribution in [-0.2, 0) is 4.79 Å². The van der Waals surface area contributed by atoms with Crippen LogP contribution in [0.1, 0.15) is 22.5 Å². The van der Waals surface area contributed by atoms with Gasteiger partial charge in [0.2, 0.25) is 5.91 Å². The van der Waals surface area contributed by atoms with Crippen molar-refractivity contribution in [3.8, 4) is 0 Å². The van der Waals surface area contributed by atoms with Gasteiger partial charge in [-0.15, -0.1) is 0 Å². The molecule has 6 nitrogen and oxygen atoms in total. The van der Waals surface area contributed by atoms with E-state index >= 15 is 0 Å². The lowest BCUT2D eigenvalue weighted by Gasteiger charge is -2.05. The highest BCUT2D eigenvalue weighted by Gasteiger charge is 2.09. The molecule has 2 rings (SSSR count). The second kappa shape index (κ2) is 6.51. The van der Waals surface area contributed by atoms with Gasteiger partial charge in [0.15, 0.2) is 5.76 Å². The number of anilines is 1. The van der Waals surface area contributed by atoms with Crippen molar-refractivity contribution in [2.75, 3.05) is 11.9 Å². The fourth-order valence-corrected chi connectivity index (χ4v) is 1.53. The molecule has 2 aromatic heterocycles. The smallest absolute Gasteiger partial charge is 0.286 e. The maximum absolute atomic E-state index is 11.6. The summed E-state index contributed by atoms with van der Waals surface area (Å²) < 4.78 is 4.94. The molecule has 2 heterocycles. The average Bonchev–Trinajstić information content (AvgIpc) is 2.95. The minimum atomic E-state index is -0.337. The predicted octanol–water partition coefficient (Wildman–Crippen LogP) is 1.74. The second-order valence-electron chi connectivity index (χ2n) is 4.25. The van der Waals surface area contributed by atoms with E-state index in [0.717, 1.165) is 5.56 Å². The van der Waals surface area contributed by atoms with Crippen LogP contribution in [0.4, 0.5) is 5.82 Å². The highest BCUT2D eigenvalue weighted by atomic mass is 16.3. The van der Waals surface area contributed by atoms with E-state index in [4.69, 9.17) is 4.42 Å². The standard InChI is InChI=1S/C14H15N3O3/c1-10-4-5-12(16-9-10)17-13(18)6-7-15-14(19)11-3-2-8-20-11/h2-5,8-9H,6-7H2,1H3,(H,15,19)(H,16,17,18). The number of rotatable bonds is 5. The van der Waals surface area contributed by atoms with Gasteiger partial charge in [0, 0.05) is 19.2 Å². The first kappa shape index (κ1) is 13.8. The predicted molar refractivity (Wildman–Crippen MR) is 73.3 cm³/mol. The van der Waals surface area contributed by atoms with Crippen LogP contribution in [0.2, 0.25) is 0 Å². The van der Waals surface area contributed by atoms with E-state index in [0.29, 0.717) is 5.82 Å². The Morgan fingerprint density at radius 3 is 2.80 bits per heavy atom. The number of carbonyl (C=O) groups excluding carboxylic acids is 2. The topological polar surface area (TPSA) is 84.2 Å². The lowest BCUT2D eigenvalue weighted by Crippen LogP contribution is -2.27. The fourth-order valence-electron chi connectivity index (χ4n) is 1.53. The first-order chi connectivity index (χ1) is 9.65. The SMILES string of the molecule is Cc1ccc(NC(=O)CCNC(=O)c2ccco2)nc1. The number of furan rings is 1. The van der Waals surface area contributed by atoms with E-state index in [9.17, 15) is 9.59 Å². The number of amides is 2. The molecule has 2 N–H and O–H groups in total. The molecule has 0 aromatic carbocycles. The molecule has 20 heavy (non-hydrogen) atoms. The quantitative estimate of drug-likeness (QED) is 0.869. The van der Waals surface area contributed by atoms with Crippen molar-refractivity contribution in [2.24, 2.45) is 0 Å². The Hall–Kier alpha value is -2.63. The van der Waals surface area contributed by atoms with E-state index in [1.54, 1.807) is 24.4 Å². The average molecular weight is 273 g/mol. The van der Waals surface area contributed by atoms with Gasteiger partial charge >= 0.3 is 0 Å². The van der Waals surface area contributed by atoms with Crippen LogP contribution in [0.5, 0.6) is 0 Å². The van der Waals surface area contributed by atoms with Gasteiger partial charge in [0.1, 0.15) is 5.82 Å². The number of pyridine rings is 1. The van der Waals surface area contributed by atoms with Crippen LogP contribution in [-0.4, -0.2) is 23.3 Å². The molecule has 0 radical (unpaired) electrons. The Morgan fingerprint density at radius 2 is 2.15 bits per heavy atom. The largest absolute Gasteiger partial charge is 0.459 e. The summed E-state index contributed by atoms with van der Waals surface area (Å²) in [4.78, 5) is 27.2. The van der Waals surface area contributed by atoms with Gasteiger partial charge in [0.05, 0.1) is 6.26 Å². The molecule has 0 saturated heterocycles. The third-order valence-corrected chi connectivity index (χ3v) is 2.56. The zero-order chi connectivity index (χ0) is 14.4. The van der Waals surface area contributed by atoms with Gasteiger partial charge in [-0.2, -0.15) is 0 Å². The number of carbonyl (C=O) groups is 2. The summed E-state index contributed by atoms with van der Waals surface area (Å²) in [6.07, 6.45) is 3.26. The van der Waals surface area contributed by atoms with Crippen molar-refractivity contribution in [3.63, 3.8) is 0 Å². The van der Waals surface area contributed by atoms with Crippen LogP contribution >= 0.6 is 0 Å². The highest BCUT2D eigenvalue weighted by Crippen LogP contribution is 2.04. The van der Waals surface area contributed by atoms with Gasteiger partial charge in [-0.1, -0.05) is 6.07 Å². The lowest BCUT2D eigenvalue weighted by atomic mass is 10.3. The van der Waals surface area contributed by atoms with Gasteiger partial charge < -0.3 is 15.1 Å². The van der Waals surface area contributed by atoms with Crippen LogP contribution < -0.4 is 10.6 Å². The maximum Gasteiger partial charge on any atom is 0.286 e. The van der Waals surface area contributed by atoms with Crippen molar-refractivity contribution in [2.45, 2.75) is 13.3 Å². The number of aromatic nitrogens is 1. The van der Waals surface area contributed by atoms with Gasteiger partial charge in [-0.05, 0) is 30.7 Å². The van der Waals surface area contributed by atoms with E-state index in [2.05, 4.69) is 15.6 Å². The summed E-state index contributed by atoms with van der Waals surface area (Å²) >= 11 is 0. The van der Waals surface area contributed by atoms with E-state index in [1.165, 1.54) is 6.26 Å². The van der Waals surface area contributed by atoms with Gasteiger partial charge in [0.25, 0.3) is 5.91 Å². The zero-order valence-corrected chi connectivity index (χ0v) is 11.1. The Bertz CT molecular complexity index is 576. The van der Waals surface area contributed by atoms with Gasteiger partial charge in [-0.3, -0.25) is 9.59 Å². The molecule has 0 unspecified atom stereocenters. The summed E-state index contributed by atoms with van der Waals surface area (Å²) in [6.45, 7) is 2.15. The molecule has 2 amide bonds. The second-order valence-corrected chi connectivity index (χ2v) is 4.25. The number of nitrogens with zero attached hydrogens (tertiary/aromatic N) is 1. The summed E-state index contributed by atoms with van der Waals surface area (Å²) in [5.74, 6) is 0.181. The van der Waals surface area contributed by atoms with Crippen molar-refractivity contribution in [3.05, 3.63) is 48.0 Å². The number of aryl methyl sites for hydroxylation is 1. The molecule has 0 aliphatic carbocycles. The molecule has 0 fully saturated rings. The molecule has 0 aliphatic rings. The molecule has 2 aromatic rings. The van der Waals surface area contributed by atoms with Crippen LogP contribution in [0.25, 0.3) is 0 Å². The van der Waals surface area contributed by atoms with Gasteiger partial charge in [-0.25, -0.2) is 4.98 Å². The third-order valence-electron chi connectivity index (χ3n) is 2.56. The number of hydrogen-bond donors (Lipinski definition) is 2. The fraction of sp³-hybridized carbons (Fsp3) is 0.214. The Balaban J connectivity index is 1.73. The third kappa shape index (κ3) is 3.94. The van der Waals surface area contributed by atoms with Crippen molar-refractivity contribution >= 4 is 17.6 Å². The molecule has 0 saturated carbocycles. The molecular weight excluding hydrogens is 258 g/mol. The molecule has 6 heteroatoms. The Morgan fingerprint density at radius 1 is 1.30 bits per heavy atom. The van der Waals surface area contributed by atoms with Crippen molar-refractivity contribution < 1.29 is 14.0 Å². The number of nitrogens with one attached hydrogen (secondary N) is 2. The molecule has 0 aliphatic heterocycles. The molecule has 0 spiro atoms. The molecular formula is C14H15N3O3. The van der Waals surface area contributed by atoms with Crippen LogP contribution in [0.3, 0.4) is 0 Å². The first-order valence-electron chi connectivity index (χ1n) is 6.19. The Labute approximate surface area is 116 Å². The number of hydrogen-bond acceptors (Lipinski definition) is 4. The van der Waals surface area contributed by atoms with E-state index in [-0.39, 0.29) is 30.5 Å². The molecule has 0 atom stereocenters.